The lowest BCUT2D eigenvalue weighted by Crippen LogP contribution is -2.61. The molecule has 0 aromatic heterocycles. The van der Waals surface area contributed by atoms with Crippen LogP contribution in [0.2, 0.25) is 0 Å². The van der Waals surface area contributed by atoms with Gasteiger partial charge in [0.2, 0.25) is 0 Å². The second kappa shape index (κ2) is 4.67. The molecule has 2 fully saturated rings. The summed E-state index contributed by atoms with van der Waals surface area (Å²) >= 11 is 0. The zero-order valence-electron chi connectivity index (χ0n) is 11.5. The maximum Gasteiger partial charge on any atom is 0.0558 e. The third kappa shape index (κ3) is 2.32. The van der Waals surface area contributed by atoms with Gasteiger partial charge in [-0.25, -0.2) is 0 Å². The number of rotatable bonds is 3. The first kappa shape index (κ1) is 12.2. The molecular formula is C16H24N2. The fraction of sp³-hybridized carbons (Fsp3) is 0.625. The maximum absolute atomic E-state index is 3.65. The van der Waals surface area contributed by atoms with Crippen LogP contribution in [0.3, 0.4) is 0 Å². The molecule has 2 nitrogen and oxygen atoms in total. The van der Waals surface area contributed by atoms with Gasteiger partial charge in [-0.3, -0.25) is 4.90 Å². The molecule has 1 aromatic carbocycles. The highest BCUT2D eigenvalue weighted by atomic mass is 15.3. The lowest BCUT2D eigenvalue weighted by Gasteiger charge is -2.48. The summed E-state index contributed by atoms with van der Waals surface area (Å²) in [6.45, 7) is 8.19. The maximum atomic E-state index is 3.65. The Labute approximate surface area is 110 Å². The summed E-state index contributed by atoms with van der Waals surface area (Å²) in [6, 6.07) is 11.6. The van der Waals surface area contributed by atoms with Gasteiger partial charge >= 0.3 is 0 Å². The van der Waals surface area contributed by atoms with Crippen LogP contribution >= 0.6 is 0 Å². The predicted octanol–water partition coefficient (Wildman–Crippen LogP) is 2.61. The first-order valence-corrected chi connectivity index (χ1v) is 7.22. The van der Waals surface area contributed by atoms with Gasteiger partial charge in [-0.1, -0.05) is 30.3 Å². The van der Waals surface area contributed by atoms with E-state index in [0.29, 0.717) is 6.04 Å². The fourth-order valence-corrected chi connectivity index (χ4v) is 3.05. The van der Waals surface area contributed by atoms with Crippen molar-refractivity contribution in [3.8, 4) is 0 Å². The predicted molar refractivity (Wildman–Crippen MR) is 75.6 cm³/mol. The second-order valence-corrected chi connectivity index (χ2v) is 6.27. The molecule has 1 heterocycles. The van der Waals surface area contributed by atoms with Crippen LogP contribution in [0, 0.1) is 5.92 Å². The number of nitrogens with zero attached hydrogens (tertiary/aromatic N) is 1. The fourth-order valence-electron chi connectivity index (χ4n) is 3.05. The van der Waals surface area contributed by atoms with E-state index in [2.05, 4.69) is 54.4 Å². The van der Waals surface area contributed by atoms with E-state index in [0.717, 1.165) is 12.5 Å². The highest BCUT2D eigenvalue weighted by Gasteiger charge is 2.40. The Kier molecular flexibility index (Phi) is 3.16. The molecule has 2 unspecified atom stereocenters. The number of hydrogen-bond donors (Lipinski definition) is 1. The Hall–Kier alpha value is -0.860. The summed E-state index contributed by atoms with van der Waals surface area (Å²) in [5, 5.41) is 3.65. The lowest BCUT2D eigenvalue weighted by molar-refractivity contribution is 0.0490. The third-order valence-electron chi connectivity index (χ3n) is 4.56. The molecule has 1 saturated carbocycles. The van der Waals surface area contributed by atoms with Gasteiger partial charge in [0.1, 0.15) is 0 Å². The second-order valence-electron chi connectivity index (χ2n) is 6.27. The minimum absolute atomic E-state index is 0.163. The van der Waals surface area contributed by atoms with E-state index in [4.69, 9.17) is 0 Å². The molecule has 18 heavy (non-hydrogen) atoms. The summed E-state index contributed by atoms with van der Waals surface area (Å²) in [5.41, 5.74) is 1.61. The van der Waals surface area contributed by atoms with Crippen molar-refractivity contribution >= 4 is 0 Å². The van der Waals surface area contributed by atoms with Crippen molar-refractivity contribution in [3.63, 3.8) is 0 Å². The normalized spacial score (nSPS) is 33.6. The molecule has 0 radical (unpaired) electrons. The van der Waals surface area contributed by atoms with Gasteiger partial charge in [-0.05, 0) is 38.2 Å². The zero-order chi connectivity index (χ0) is 12.6. The van der Waals surface area contributed by atoms with Gasteiger partial charge in [0.05, 0.1) is 5.54 Å². The molecule has 2 aliphatic rings. The molecule has 2 heteroatoms. The van der Waals surface area contributed by atoms with Crippen LogP contribution in [0.1, 0.15) is 32.3 Å². The van der Waals surface area contributed by atoms with Gasteiger partial charge in [0, 0.05) is 25.7 Å². The van der Waals surface area contributed by atoms with E-state index in [-0.39, 0.29) is 5.54 Å². The van der Waals surface area contributed by atoms with Crippen molar-refractivity contribution in [2.75, 3.05) is 19.6 Å². The Morgan fingerprint density at radius 1 is 1.28 bits per heavy atom. The Bertz CT molecular complexity index is 397. The van der Waals surface area contributed by atoms with E-state index in [1.807, 2.05) is 0 Å². The SMILES string of the molecule is CC1CN(CC2CC2)C(C)(c2ccccc2)CN1. The molecule has 98 valence electrons. The highest BCUT2D eigenvalue weighted by molar-refractivity contribution is 5.25. The minimum atomic E-state index is 0.163. The number of benzene rings is 1. The van der Waals surface area contributed by atoms with Crippen LogP contribution in [-0.4, -0.2) is 30.6 Å². The number of hydrogen-bond acceptors (Lipinski definition) is 2. The molecule has 3 rings (SSSR count). The molecule has 0 spiro atoms. The van der Waals surface area contributed by atoms with E-state index >= 15 is 0 Å². The van der Waals surface area contributed by atoms with Gasteiger partial charge in [-0.15, -0.1) is 0 Å². The number of piperazine rings is 1. The minimum Gasteiger partial charge on any atom is -0.311 e. The number of nitrogens with one attached hydrogen (secondary N) is 1. The van der Waals surface area contributed by atoms with Crippen LogP contribution in [0.4, 0.5) is 0 Å². The topological polar surface area (TPSA) is 15.3 Å². The Morgan fingerprint density at radius 3 is 2.67 bits per heavy atom. The van der Waals surface area contributed by atoms with Gasteiger partial charge in [-0.2, -0.15) is 0 Å². The Balaban J connectivity index is 1.85. The highest BCUT2D eigenvalue weighted by Crippen LogP contribution is 2.36. The van der Waals surface area contributed by atoms with Gasteiger partial charge in [0.25, 0.3) is 0 Å². The van der Waals surface area contributed by atoms with Crippen LogP contribution in [0.15, 0.2) is 30.3 Å². The van der Waals surface area contributed by atoms with Crippen LogP contribution < -0.4 is 5.32 Å². The molecule has 0 amide bonds. The smallest absolute Gasteiger partial charge is 0.0558 e. The van der Waals surface area contributed by atoms with Gasteiger partial charge < -0.3 is 5.32 Å². The average Bonchev–Trinajstić information content (AvgIpc) is 3.19. The van der Waals surface area contributed by atoms with Crippen molar-refractivity contribution in [2.24, 2.45) is 5.92 Å². The molecule has 0 bridgehead atoms. The quantitative estimate of drug-likeness (QED) is 0.879. The molecule has 1 saturated heterocycles. The summed E-state index contributed by atoms with van der Waals surface area (Å²) in [4.78, 5) is 2.71. The summed E-state index contributed by atoms with van der Waals surface area (Å²) in [6.07, 6.45) is 2.87. The van der Waals surface area contributed by atoms with Crippen molar-refractivity contribution in [2.45, 2.75) is 38.3 Å². The van der Waals surface area contributed by atoms with E-state index in [1.54, 1.807) is 0 Å². The first-order chi connectivity index (χ1) is 8.68. The average molecular weight is 244 g/mol. The largest absolute Gasteiger partial charge is 0.311 e. The van der Waals surface area contributed by atoms with E-state index in [9.17, 15) is 0 Å². The van der Waals surface area contributed by atoms with Crippen molar-refractivity contribution < 1.29 is 0 Å². The van der Waals surface area contributed by atoms with Crippen LogP contribution in [0.5, 0.6) is 0 Å². The van der Waals surface area contributed by atoms with Crippen molar-refractivity contribution in [1.29, 1.82) is 0 Å². The van der Waals surface area contributed by atoms with E-state index < -0.39 is 0 Å². The Morgan fingerprint density at radius 2 is 2.00 bits per heavy atom. The molecular weight excluding hydrogens is 220 g/mol. The zero-order valence-corrected chi connectivity index (χ0v) is 11.5. The first-order valence-electron chi connectivity index (χ1n) is 7.22. The molecule has 1 aliphatic heterocycles. The summed E-state index contributed by atoms with van der Waals surface area (Å²) < 4.78 is 0. The van der Waals surface area contributed by atoms with E-state index in [1.165, 1.54) is 31.5 Å². The van der Waals surface area contributed by atoms with Crippen LogP contribution in [-0.2, 0) is 5.54 Å². The molecule has 1 N–H and O–H groups in total. The standard InChI is InChI=1S/C16H24N2/c1-13-10-18(11-14-8-9-14)16(2,12-17-13)15-6-4-3-5-7-15/h3-7,13-14,17H,8-12H2,1-2H3. The monoisotopic (exact) mass is 244 g/mol. The summed E-state index contributed by atoms with van der Waals surface area (Å²) in [7, 11) is 0. The van der Waals surface area contributed by atoms with Gasteiger partial charge in [0.15, 0.2) is 0 Å². The molecule has 1 aliphatic carbocycles. The van der Waals surface area contributed by atoms with Crippen LogP contribution in [0.25, 0.3) is 0 Å². The van der Waals surface area contributed by atoms with Crippen molar-refractivity contribution in [3.05, 3.63) is 35.9 Å². The molecule has 2 atom stereocenters. The molecule has 1 aromatic rings. The lowest BCUT2D eigenvalue weighted by atomic mass is 9.87. The third-order valence-corrected chi connectivity index (χ3v) is 4.56. The summed E-state index contributed by atoms with van der Waals surface area (Å²) in [5.74, 6) is 0.957. The van der Waals surface area contributed by atoms with Crippen molar-refractivity contribution in [1.82, 2.24) is 10.2 Å².